The molecule has 1 aliphatic rings. The van der Waals surface area contributed by atoms with E-state index in [1.54, 1.807) is 0 Å². The van der Waals surface area contributed by atoms with Crippen LogP contribution in [0.4, 0.5) is 0 Å². The fourth-order valence-electron chi connectivity index (χ4n) is 8.36. The molecular weight excluding hydrogens is 569 g/mol. The first kappa shape index (κ1) is 32.6. The predicted octanol–water partition coefficient (Wildman–Crippen LogP) is 10.3. The Hall–Kier alpha value is -4.30. The van der Waals surface area contributed by atoms with Crippen molar-refractivity contribution in [1.29, 1.82) is 0 Å². The summed E-state index contributed by atoms with van der Waals surface area (Å²) >= 11 is 0. The lowest BCUT2D eigenvalue weighted by atomic mass is 9.59. The summed E-state index contributed by atoms with van der Waals surface area (Å²) in [6.45, 7) is 14.1. The van der Waals surface area contributed by atoms with E-state index in [9.17, 15) is 0 Å². The minimum atomic E-state index is -0.183. The van der Waals surface area contributed by atoms with Gasteiger partial charge in [-0.1, -0.05) is 100.0 Å². The molecule has 2 atom stereocenters. The molecule has 2 unspecified atom stereocenters. The lowest BCUT2D eigenvalue weighted by Crippen LogP contribution is -2.68. The maximum atomic E-state index is 2.65. The third-order valence-corrected chi connectivity index (χ3v) is 11.3. The van der Waals surface area contributed by atoms with Crippen LogP contribution in [0, 0.1) is 13.8 Å². The largest absolute Gasteiger partial charge is 0.215 e. The average Bonchev–Trinajstić information content (AvgIpc) is 3.11. The molecule has 3 aromatic carbocycles. The van der Waals surface area contributed by atoms with Gasteiger partial charge in [0.2, 0.25) is 11.4 Å². The molecule has 2 nitrogen and oxygen atoms in total. The minimum Gasteiger partial charge on any atom is -0.200 e. The highest BCUT2D eigenvalue weighted by Crippen LogP contribution is 2.50. The number of nitrogens with zero attached hydrogens (tertiary/aromatic N) is 2. The van der Waals surface area contributed by atoms with Crippen LogP contribution in [0.5, 0.6) is 0 Å². The van der Waals surface area contributed by atoms with E-state index in [1.807, 2.05) is 0 Å². The van der Waals surface area contributed by atoms with Crippen LogP contribution < -0.4 is 9.13 Å². The molecule has 0 fully saturated rings. The highest BCUT2D eigenvalue weighted by Gasteiger charge is 2.57. The standard InChI is InChI=1S/C45H52N2/c1-8-11-20-35-28-29-42-39-26-17-18-27-41(39)44(6,9-2)45(10-3,47(42)31-35)30-19-24-36-23-15-16-25-38(36)43-34(5)33(4)40(32-46(43)7)37-21-13-12-14-22-37/h12-19,21-23,25-32H,8-11,20,24H2,1-7H3/q+2. The monoisotopic (exact) mass is 620 g/mol. The first-order chi connectivity index (χ1) is 22.8. The van der Waals surface area contributed by atoms with E-state index < -0.39 is 0 Å². The van der Waals surface area contributed by atoms with Crippen LogP contribution in [0.1, 0.15) is 81.2 Å². The first-order valence-electron chi connectivity index (χ1n) is 17.8. The molecule has 6 rings (SSSR count). The zero-order chi connectivity index (χ0) is 33.2. The first-order valence-corrected chi connectivity index (χ1v) is 17.8. The van der Waals surface area contributed by atoms with Crippen LogP contribution >= 0.6 is 0 Å². The lowest BCUT2D eigenvalue weighted by Gasteiger charge is -2.46. The van der Waals surface area contributed by atoms with Gasteiger partial charge in [-0.2, -0.15) is 4.57 Å². The van der Waals surface area contributed by atoms with Gasteiger partial charge in [0.15, 0.2) is 17.9 Å². The quantitative estimate of drug-likeness (QED) is 0.108. The number of aryl methyl sites for hydroxylation is 2. The van der Waals surface area contributed by atoms with Gasteiger partial charge in [0.25, 0.3) is 0 Å². The number of unbranched alkanes of at least 4 members (excludes halogenated alkanes) is 1. The molecule has 2 aromatic heterocycles. The van der Waals surface area contributed by atoms with Crippen molar-refractivity contribution < 1.29 is 9.13 Å². The zero-order valence-corrected chi connectivity index (χ0v) is 29.6. The molecule has 0 bridgehead atoms. The normalized spacial score (nSPS) is 18.7. The van der Waals surface area contributed by atoms with E-state index in [4.69, 9.17) is 0 Å². The van der Waals surface area contributed by atoms with Crippen molar-refractivity contribution in [3.63, 3.8) is 0 Å². The number of hydrogen-bond donors (Lipinski definition) is 0. The number of benzene rings is 3. The van der Waals surface area contributed by atoms with E-state index in [0.717, 1.165) is 25.7 Å². The Morgan fingerprint density at radius 1 is 0.702 bits per heavy atom. The molecule has 5 aromatic rings. The van der Waals surface area contributed by atoms with Gasteiger partial charge in [-0.15, -0.1) is 0 Å². The summed E-state index contributed by atoms with van der Waals surface area (Å²) in [4.78, 5) is 0. The summed E-state index contributed by atoms with van der Waals surface area (Å²) in [5, 5.41) is 0. The molecule has 0 radical (unpaired) electrons. The third kappa shape index (κ3) is 5.56. The molecule has 2 heteroatoms. The molecule has 47 heavy (non-hydrogen) atoms. The average molecular weight is 621 g/mol. The van der Waals surface area contributed by atoms with Gasteiger partial charge in [-0.25, -0.2) is 4.57 Å². The highest BCUT2D eigenvalue weighted by atomic mass is 15.1. The smallest absolute Gasteiger partial charge is 0.200 e. The van der Waals surface area contributed by atoms with E-state index in [0.29, 0.717) is 0 Å². The SMILES string of the molecule is CCCCc1ccc2[n+](c1)C(C=CCc1ccccc1-c1c(C)c(C)c(-c3ccccc3)c[n+]1C)(CC)C(C)(CC)c1ccccc1-2. The van der Waals surface area contributed by atoms with Crippen molar-refractivity contribution in [2.45, 2.75) is 91.0 Å². The Kier molecular flexibility index (Phi) is 9.33. The number of aromatic nitrogens is 2. The predicted molar refractivity (Wildman–Crippen MR) is 197 cm³/mol. The number of pyridine rings is 2. The van der Waals surface area contributed by atoms with Crippen LogP contribution in [0.2, 0.25) is 0 Å². The molecule has 0 N–H and O–H groups in total. The summed E-state index contributed by atoms with van der Waals surface area (Å²) < 4.78 is 4.99. The number of rotatable bonds is 10. The summed E-state index contributed by atoms with van der Waals surface area (Å²) in [5.74, 6) is 0. The number of fused-ring (bicyclic) bond motifs is 3. The van der Waals surface area contributed by atoms with E-state index in [-0.39, 0.29) is 11.0 Å². The van der Waals surface area contributed by atoms with Crippen molar-refractivity contribution in [1.82, 2.24) is 0 Å². The van der Waals surface area contributed by atoms with Crippen LogP contribution in [-0.2, 0) is 30.8 Å². The van der Waals surface area contributed by atoms with E-state index in [1.165, 1.54) is 74.3 Å². The van der Waals surface area contributed by atoms with E-state index in [2.05, 4.69) is 173 Å². The summed E-state index contributed by atoms with van der Waals surface area (Å²) in [6.07, 6.45) is 16.3. The van der Waals surface area contributed by atoms with Crippen molar-refractivity contribution in [3.8, 4) is 33.6 Å². The molecule has 3 heterocycles. The Morgan fingerprint density at radius 2 is 1.40 bits per heavy atom. The Bertz CT molecular complexity index is 1920. The second kappa shape index (κ2) is 13.4. The molecule has 0 amide bonds. The van der Waals surface area contributed by atoms with Gasteiger partial charge in [0.05, 0.1) is 11.0 Å². The third-order valence-electron chi connectivity index (χ3n) is 11.3. The fourth-order valence-corrected chi connectivity index (χ4v) is 8.36. The maximum absolute atomic E-state index is 2.65. The molecule has 1 aliphatic heterocycles. The van der Waals surface area contributed by atoms with Gasteiger partial charge in [0, 0.05) is 34.7 Å². The second-order valence-corrected chi connectivity index (χ2v) is 13.8. The van der Waals surface area contributed by atoms with Gasteiger partial charge in [0.1, 0.15) is 7.05 Å². The van der Waals surface area contributed by atoms with Crippen LogP contribution in [0.25, 0.3) is 33.6 Å². The van der Waals surface area contributed by atoms with Crippen molar-refractivity contribution in [2.24, 2.45) is 7.05 Å². The van der Waals surface area contributed by atoms with Crippen LogP contribution in [0.3, 0.4) is 0 Å². The molecule has 0 saturated carbocycles. The topological polar surface area (TPSA) is 7.76 Å². The van der Waals surface area contributed by atoms with Gasteiger partial charge < -0.3 is 0 Å². The van der Waals surface area contributed by atoms with Crippen molar-refractivity contribution >= 4 is 0 Å². The van der Waals surface area contributed by atoms with Gasteiger partial charge in [-0.05, 0) is 93.0 Å². The Morgan fingerprint density at radius 3 is 2.13 bits per heavy atom. The summed E-state index contributed by atoms with van der Waals surface area (Å²) in [6, 6.07) is 33.6. The summed E-state index contributed by atoms with van der Waals surface area (Å²) in [5.41, 5.74) is 14.6. The molecule has 240 valence electrons. The minimum absolute atomic E-state index is 0.0528. The molecular formula is C45H52N2+2. The van der Waals surface area contributed by atoms with Crippen LogP contribution in [-0.4, -0.2) is 0 Å². The van der Waals surface area contributed by atoms with Crippen molar-refractivity contribution in [2.75, 3.05) is 0 Å². The van der Waals surface area contributed by atoms with E-state index >= 15 is 0 Å². The number of allylic oxidation sites excluding steroid dienone is 2. The molecule has 0 spiro atoms. The highest BCUT2D eigenvalue weighted by molar-refractivity contribution is 5.73. The summed E-state index contributed by atoms with van der Waals surface area (Å²) in [7, 11) is 2.20. The number of hydrogen-bond acceptors (Lipinski definition) is 0. The van der Waals surface area contributed by atoms with Gasteiger partial charge >= 0.3 is 0 Å². The Labute approximate surface area is 283 Å². The molecule has 0 saturated heterocycles. The Balaban J connectivity index is 1.44. The maximum Gasteiger partial charge on any atom is 0.215 e. The van der Waals surface area contributed by atoms with Crippen LogP contribution in [0.15, 0.2) is 116 Å². The zero-order valence-electron chi connectivity index (χ0n) is 29.6. The van der Waals surface area contributed by atoms with Crippen molar-refractivity contribution in [3.05, 3.63) is 143 Å². The van der Waals surface area contributed by atoms with Gasteiger partial charge in [-0.3, -0.25) is 0 Å². The second-order valence-electron chi connectivity index (χ2n) is 13.8. The lowest BCUT2D eigenvalue weighted by molar-refractivity contribution is -0.756. The molecule has 0 aliphatic carbocycles. The fraction of sp³-hybridized carbons (Fsp3) is 0.333.